The first-order chi connectivity index (χ1) is 7.77. The summed E-state index contributed by atoms with van der Waals surface area (Å²) in [6, 6.07) is 1.18. The monoisotopic (exact) mass is 275 g/mol. The van der Waals surface area contributed by atoms with Gasteiger partial charge in [-0.05, 0) is 6.07 Å². The molecule has 1 aromatic rings. The SMILES string of the molecule is CC(C)C(=O)C(=N)c1cc(Cl)c(O)c(O)c1Cl. The predicted octanol–water partition coefficient (Wildman–Crippen LogP) is 3.00. The first kappa shape index (κ1) is 13.8. The standard InChI is InChI=1S/C11H11Cl2NO3/c1-4(2)9(15)8(14)5-3-6(12)10(16)11(17)7(5)13/h3-4,14,16-17H,1-2H3. The third-order valence-electron chi connectivity index (χ3n) is 2.21. The van der Waals surface area contributed by atoms with Crippen LogP contribution in [-0.4, -0.2) is 21.7 Å². The summed E-state index contributed by atoms with van der Waals surface area (Å²) in [5.41, 5.74) is -0.340. The number of nitrogens with one attached hydrogen (secondary N) is 1. The maximum atomic E-state index is 11.6. The first-order valence-corrected chi connectivity index (χ1v) is 5.56. The van der Waals surface area contributed by atoms with Crippen molar-refractivity contribution in [1.29, 1.82) is 5.41 Å². The van der Waals surface area contributed by atoms with Gasteiger partial charge < -0.3 is 10.2 Å². The average Bonchev–Trinajstić information content (AvgIpc) is 2.29. The number of rotatable bonds is 3. The zero-order chi connectivity index (χ0) is 13.3. The molecule has 0 aromatic heterocycles. The number of phenolic OH excluding ortho intramolecular Hbond substituents is 2. The molecule has 0 spiro atoms. The lowest BCUT2D eigenvalue weighted by Gasteiger charge is -2.11. The van der Waals surface area contributed by atoms with Crippen LogP contribution in [0.5, 0.6) is 11.5 Å². The molecule has 0 aliphatic rings. The number of Topliss-reactive ketones (excluding diaryl/α,β-unsaturated/α-hetero) is 1. The highest BCUT2D eigenvalue weighted by atomic mass is 35.5. The van der Waals surface area contributed by atoms with E-state index in [0.29, 0.717) is 0 Å². The first-order valence-electron chi connectivity index (χ1n) is 4.80. The van der Waals surface area contributed by atoms with Crippen molar-refractivity contribution < 1.29 is 15.0 Å². The van der Waals surface area contributed by atoms with Crippen molar-refractivity contribution in [2.24, 2.45) is 5.92 Å². The number of phenols is 2. The molecule has 0 fully saturated rings. The molecule has 0 heterocycles. The predicted molar refractivity (Wildman–Crippen MR) is 66.5 cm³/mol. The third-order valence-corrected chi connectivity index (χ3v) is 2.88. The van der Waals surface area contributed by atoms with Gasteiger partial charge in [-0.1, -0.05) is 37.0 Å². The van der Waals surface area contributed by atoms with E-state index in [2.05, 4.69) is 0 Å². The number of carbonyl (C=O) groups is 1. The van der Waals surface area contributed by atoms with E-state index in [0.717, 1.165) is 0 Å². The van der Waals surface area contributed by atoms with Gasteiger partial charge in [-0.3, -0.25) is 10.2 Å². The van der Waals surface area contributed by atoms with Gasteiger partial charge >= 0.3 is 0 Å². The van der Waals surface area contributed by atoms with Crippen LogP contribution < -0.4 is 0 Å². The van der Waals surface area contributed by atoms with E-state index in [1.165, 1.54) is 6.07 Å². The Morgan fingerprint density at radius 2 is 1.82 bits per heavy atom. The van der Waals surface area contributed by atoms with Gasteiger partial charge in [-0.15, -0.1) is 0 Å². The Morgan fingerprint density at radius 1 is 1.29 bits per heavy atom. The van der Waals surface area contributed by atoms with Crippen LogP contribution in [-0.2, 0) is 4.79 Å². The minimum absolute atomic E-state index is 0.00525. The van der Waals surface area contributed by atoms with Crippen LogP contribution in [0.2, 0.25) is 10.0 Å². The second kappa shape index (κ2) is 4.94. The molecule has 6 heteroatoms. The van der Waals surface area contributed by atoms with Crippen LogP contribution in [0.3, 0.4) is 0 Å². The zero-order valence-electron chi connectivity index (χ0n) is 9.21. The van der Waals surface area contributed by atoms with Crippen molar-refractivity contribution in [2.45, 2.75) is 13.8 Å². The molecule has 0 unspecified atom stereocenters. The van der Waals surface area contributed by atoms with Gasteiger partial charge in [0.25, 0.3) is 0 Å². The van der Waals surface area contributed by atoms with E-state index in [1.807, 2.05) is 0 Å². The fourth-order valence-corrected chi connectivity index (χ4v) is 1.64. The van der Waals surface area contributed by atoms with E-state index >= 15 is 0 Å². The van der Waals surface area contributed by atoms with Crippen LogP contribution >= 0.6 is 23.2 Å². The van der Waals surface area contributed by atoms with E-state index < -0.39 is 17.3 Å². The molecule has 4 nitrogen and oxygen atoms in total. The summed E-state index contributed by atoms with van der Waals surface area (Å²) >= 11 is 11.4. The van der Waals surface area contributed by atoms with E-state index in [1.54, 1.807) is 13.8 Å². The molecule has 0 aliphatic carbocycles. The van der Waals surface area contributed by atoms with Crippen molar-refractivity contribution >= 4 is 34.7 Å². The summed E-state index contributed by atoms with van der Waals surface area (Å²) in [5.74, 6) is -1.98. The van der Waals surface area contributed by atoms with Gasteiger partial charge in [0, 0.05) is 11.5 Å². The normalized spacial score (nSPS) is 10.6. The quantitative estimate of drug-likeness (QED) is 0.586. The smallest absolute Gasteiger partial charge is 0.183 e. The molecule has 92 valence electrons. The maximum Gasteiger partial charge on any atom is 0.183 e. The van der Waals surface area contributed by atoms with Gasteiger partial charge in [-0.25, -0.2) is 0 Å². The number of hydrogen-bond acceptors (Lipinski definition) is 4. The molecule has 0 saturated heterocycles. The Bertz CT molecular complexity index is 498. The lowest BCUT2D eigenvalue weighted by atomic mass is 9.98. The molecule has 0 aliphatic heterocycles. The Morgan fingerprint density at radius 3 is 2.29 bits per heavy atom. The number of carbonyl (C=O) groups excluding carboxylic acids is 1. The minimum atomic E-state index is -0.629. The van der Waals surface area contributed by atoms with Gasteiger partial charge in [-0.2, -0.15) is 0 Å². The summed E-state index contributed by atoms with van der Waals surface area (Å²) in [6.45, 7) is 3.29. The number of ketones is 1. The summed E-state index contributed by atoms with van der Waals surface area (Å²) in [5, 5.41) is 26.0. The molecular weight excluding hydrogens is 265 g/mol. The highest BCUT2D eigenvalue weighted by molar-refractivity contribution is 6.50. The fraction of sp³-hybridized carbons (Fsp3) is 0.273. The number of benzene rings is 1. The molecule has 1 aromatic carbocycles. The molecule has 0 bridgehead atoms. The van der Waals surface area contributed by atoms with Crippen molar-refractivity contribution in [2.75, 3.05) is 0 Å². The number of hydrogen-bond donors (Lipinski definition) is 3. The third kappa shape index (κ3) is 2.53. The van der Waals surface area contributed by atoms with Crippen LogP contribution in [0.1, 0.15) is 19.4 Å². The van der Waals surface area contributed by atoms with Gasteiger partial charge in [0.2, 0.25) is 0 Å². The van der Waals surface area contributed by atoms with Crippen LogP contribution in [0.4, 0.5) is 0 Å². The van der Waals surface area contributed by atoms with E-state index in [-0.39, 0.29) is 27.2 Å². The van der Waals surface area contributed by atoms with Crippen LogP contribution in [0.25, 0.3) is 0 Å². The lowest BCUT2D eigenvalue weighted by Crippen LogP contribution is -2.20. The van der Waals surface area contributed by atoms with Crippen molar-refractivity contribution in [3.8, 4) is 11.5 Å². The Kier molecular flexibility index (Phi) is 4.01. The minimum Gasteiger partial charge on any atom is -0.503 e. The zero-order valence-corrected chi connectivity index (χ0v) is 10.7. The molecule has 17 heavy (non-hydrogen) atoms. The largest absolute Gasteiger partial charge is 0.503 e. The molecular formula is C11H11Cl2NO3. The maximum absolute atomic E-state index is 11.6. The highest BCUT2D eigenvalue weighted by Crippen LogP contribution is 2.41. The Hall–Kier alpha value is -1.26. The molecule has 0 saturated carbocycles. The second-order valence-electron chi connectivity index (χ2n) is 3.81. The lowest BCUT2D eigenvalue weighted by molar-refractivity contribution is -0.115. The number of halogens is 2. The Balaban J connectivity index is 3.34. The van der Waals surface area contributed by atoms with Crippen LogP contribution in [0, 0.1) is 11.3 Å². The molecule has 0 radical (unpaired) electrons. The molecule has 3 N–H and O–H groups in total. The van der Waals surface area contributed by atoms with Gasteiger partial charge in [0.1, 0.15) is 5.71 Å². The van der Waals surface area contributed by atoms with Crippen molar-refractivity contribution in [1.82, 2.24) is 0 Å². The van der Waals surface area contributed by atoms with E-state index in [9.17, 15) is 15.0 Å². The van der Waals surface area contributed by atoms with Gasteiger partial charge in [0.05, 0.1) is 10.0 Å². The van der Waals surface area contributed by atoms with Crippen LogP contribution in [0.15, 0.2) is 6.07 Å². The summed E-state index contributed by atoms with van der Waals surface area (Å²) < 4.78 is 0. The van der Waals surface area contributed by atoms with E-state index in [4.69, 9.17) is 28.6 Å². The highest BCUT2D eigenvalue weighted by Gasteiger charge is 2.22. The molecule has 0 atom stereocenters. The molecule has 0 amide bonds. The van der Waals surface area contributed by atoms with Crippen molar-refractivity contribution in [3.63, 3.8) is 0 Å². The summed E-state index contributed by atoms with van der Waals surface area (Å²) in [6.07, 6.45) is 0. The second-order valence-corrected chi connectivity index (χ2v) is 4.60. The average molecular weight is 276 g/mol. The summed E-state index contributed by atoms with van der Waals surface area (Å²) in [7, 11) is 0. The Labute approximate surface area is 108 Å². The van der Waals surface area contributed by atoms with Gasteiger partial charge in [0.15, 0.2) is 17.3 Å². The molecule has 1 rings (SSSR count). The van der Waals surface area contributed by atoms with Crippen molar-refractivity contribution in [3.05, 3.63) is 21.7 Å². The topological polar surface area (TPSA) is 81.4 Å². The number of aromatic hydroxyl groups is 2. The summed E-state index contributed by atoms with van der Waals surface area (Å²) in [4.78, 5) is 11.6. The fourth-order valence-electron chi connectivity index (χ4n) is 1.21.